The van der Waals surface area contributed by atoms with Crippen molar-refractivity contribution in [3.05, 3.63) is 35.0 Å². The molecule has 1 amide bonds. The van der Waals surface area contributed by atoms with Crippen LogP contribution < -0.4 is 0 Å². The van der Waals surface area contributed by atoms with Gasteiger partial charge in [0.05, 0.1) is 6.61 Å². The highest BCUT2D eigenvalue weighted by atomic mass is 32.1. The fourth-order valence-electron chi connectivity index (χ4n) is 4.54. The van der Waals surface area contributed by atoms with Crippen LogP contribution in [0, 0.1) is 5.82 Å². The number of benzene rings is 1. The fraction of sp³-hybridized carbons (Fsp3) is 0.571. The van der Waals surface area contributed by atoms with E-state index >= 15 is 0 Å². The molecule has 2 saturated heterocycles. The van der Waals surface area contributed by atoms with Crippen molar-refractivity contribution in [3.63, 3.8) is 0 Å². The van der Waals surface area contributed by atoms with Crippen molar-refractivity contribution in [2.24, 2.45) is 0 Å². The average Bonchev–Trinajstić information content (AvgIpc) is 3.11. The molecule has 0 atom stereocenters. The lowest BCUT2D eigenvalue weighted by atomic mass is 9.88. The number of carbonyl (C=O) groups is 1. The number of nitrogens with zero attached hydrogens (tertiary/aromatic N) is 2. The number of carbonyl (C=O) groups excluding carboxylic acids is 1. The normalized spacial score (nSPS) is 20.3. The van der Waals surface area contributed by atoms with Crippen LogP contribution in [0.15, 0.2) is 23.6 Å². The van der Waals surface area contributed by atoms with Gasteiger partial charge in [-0.05, 0) is 86.1 Å². The van der Waals surface area contributed by atoms with E-state index in [0.717, 1.165) is 57.2 Å². The SMILES string of the molecule is CCOC(=O)N1CCC(N2CCC(c3csc4ccc(F)cc34)CC2)CC1. The van der Waals surface area contributed by atoms with Crippen LogP contribution in [-0.4, -0.2) is 54.7 Å². The van der Waals surface area contributed by atoms with E-state index in [-0.39, 0.29) is 11.9 Å². The van der Waals surface area contributed by atoms with E-state index in [1.54, 1.807) is 23.5 Å². The molecule has 0 aliphatic carbocycles. The van der Waals surface area contributed by atoms with Crippen molar-refractivity contribution >= 4 is 27.5 Å². The number of piperidine rings is 2. The predicted octanol–water partition coefficient (Wildman–Crippen LogP) is 4.84. The molecule has 0 saturated carbocycles. The van der Waals surface area contributed by atoms with Gasteiger partial charge in [-0.1, -0.05) is 0 Å². The molecule has 0 bridgehead atoms. The Morgan fingerprint density at radius 3 is 2.63 bits per heavy atom. The van der Waals surface area contributed by atoms with Gasteiger partial charge in [-0.15, -0.1) is 11.3 Å². The van der Waals surface area contributed by atoms with E-state index in [1.165, 1.54) is 10.3 Å². The number of thiophene rings is 1. The van der Waals surface area contributed by atoms with E-state index in [1.807, 2.05) is 17.9 Å². The highest BCUT2D eigenvalue weighted by Gasteiger charge is 2.31. The minimum absolute atomic E-state index is 0.145. The van der Waals surface area contributed by atoms with E-state index in [9.17, 15) is 9.18 Å². The van der Waals surface area contributed by atoms with Crippen LogP contribution in [-0.2, 0) is 4.74 Å². The summed E-state index contributed by atoms with van der Waals surface area (Å²) < 4.78 is 20.0. The Kier molecular flexibility index (Phi) is 5.64. The second-order valence-electron chi connectivity index (χ2n) is 7.56. The number of hydrogen-bond donors (Lipinski definition) is 0. The molecule has 6 heteroatoms. The molecule has 27 heavy (non-hydrogen) atoms. The van der Waals surface area contributed by atoms with Gasteiger partial charge < -0.3 is 14.5 Å². The fourth-order valence-corrected chi connectivity index (χ4v) is 5.56. The highest BCUT2D eigenvalue weighted by molar-refractivity contribution is 7.17. The molecule has 146 valence electrons. The van der Waals surface area contributed by atoms with Crippen molar-refractivity contribution in [2.75, 3.05) is 32.8 Å². The van der Waals surface area contributed by atoms with Crippen LogP contribution in [0.5, 0.6) is 0 Å². The number of rotatable bonds is 3. The lowest BCUT2D eigenvalue weighted by Gasteiger charge is -2.41. The largest absolute Gasteiger partial charge is 0.450 e. The lowest BCUT2D eigenvalue weighted by molar-refractivity contribution is 0.0664. The van der Waals surface area contributed by atoms with Gasteiger partial charge in [-0.2, -0.15) is 0 Å². The summed E-state index contributed by atoms with van der Waals surface area (Å²) in [6.07, 6.45) is 4.12. The Morgan fingerprint density at radius 1 is 1.19 bits per heavy atom. The smallest absolute Gasteiger partial charge is 0.409 e. The first-order valence-corrected chi connectivity index (χ1v) is 10.9. The standard InChI is InChI=1S/C21H27FN2O2S/c1-2-26-21(25)24-11-7-17(8-12-24)23-9-5-15(6-10-23)19-14-27-20-4-3-16(22)13-18(19)20/h3-4,13-15,17H,2,5-12H2,1H3. The van der Waals surface area contributed by atoms with Gasteiger partial charge >= 0.3 is 6.09 Å². The highest BCUT2D eigenvalue weighted by Crippen LogP contribution is 2.37. The molecule has 2 aliphatic heterocycles. The minimum atomic E-state index is -0.175. The molecule has 4 rings (SSSR count). The Bertz CT molecular complexity index is 793. The first kappa shape index (κ1) is 18.7. The Morgan fingerprint density at radius 2 is 1.93 bits per heavy atom. The van der Waals surface area contributed by atoms with Crippen molar-refractivity contribution < 1.29 is 13.9 Å². The second kappa shape index (κ2) is 8.15. The zero-order chi connectivity index (χ0) is 18.8. The maximum absolute atomic E-state index is 13.7. The topological polar surface area (TPSA) is 32.8 Å². The molecule has 4 nitrogen and oxygen atoms in total. The van der Waals surface area contributed by atoms with Gasteiger partial charge in [0.1, 0.15) is 5.82 Å². The van der Waals surface area contributed by atoms with E-state index in [0.29, 0.717) is 18.6 Å². The molecule has 0 unspecified atom stereocenters. The summed E-state index contributed by atoms with van der Waals surface area (Å²) in [5.41, 5.74) is 1.33. The number of likely N-dealkylation sites (tertiary alicyclic amines) is 2. The zero-order valence-electron chi connectivity index (χ0n) is 15.8. The van der Waals surface area contributed by atoms with E-state index in [2.05, 4.69) is 10.3 Å². The second-order valence-corrected chi connectivity index (χ2v) is 8.47. The van der Waals surface area contributed by atoms with Gasteiger partial charge in [0, 0.05) is 23.8 Å². The molecule has 2 aromatic rings. The minimum Gasteiger partial charge on any atom is -0.450 e. The van der Waals surface area contributed by atoms with E-state index < -0.39 is 0 Å². The first-order valence-electron chi connectivity index (χ1n) is 9.98. The third-order valence-electron chi connectivity index (χ3n) is 6.04. The van der Waals surface area contributed by atoms with Crippen LogP contribution >= 0.6 is 11.3 Å². The molecule has 1 aromatic carbocycles. The third kappa shape index (κ3) is 3.97. The Hall–Kier alpha value is -1.66. The monoisotopic (exact) mass is 390 g/mol. The summed E-state index contributed by atoms with van der Waals surface area (Å²) in [4.78, 5) is 16.3. The molecule has 0 spiro atoms. The first-order chi connectivity index (χ1) is 13.2. The molecule has 1 aromatic heterocycles. The summed E-state index contributed by atoms with van der Waals surface area (Å²) in [7, 11) is 0. The van der Waals surface area contributed by atoms with Gasteiger partial charge in [-0.3, -0.25) is 0 Å². The van der Waals surface area contributed by atoms with Crippen molar-refractivity contribution in [2.45, 2.75) is 44.6 Å². The van der Waals surface area contributed by atoms with Gasteiger partial charge in [0.15, 0.2) is 0 Å². The molecule has 3 heterocycles. The molecular weight excluding hydrogens is 363 g/mol. The van der Waals surface area contributed by atoms with Crippen molar-refractivity contribution in [1.82, 2.24) is 9.80 Å². The summed E-state index contributed by atoms with van der Waals surface area (Å²) in [5, 5.41) is 3.32. The Labute approximate surface area is 163 Å². The Balaban J connectivity index is 1.33. The molecule has 0 radical (unpaired) electrons. The van der Waals surface area contributed by atoms with Gasteiger partial charge in [0.2, 0.25) is 0 Å². The lowest BCUT2D eigenvalue weighted by Crippen LogP contribution is -2.48. The number of halogens is 1. The maximum Gasteiger partial charge on any atom is 0.409 e. The van der Waals surface area contributed by atoms with Gasteiger partial charge in [0.25, 0.3) is 0 Å². The number of amides is 1. The summed E-state index contributed by atoms with van der Waals surface area (Å²) >= 11 is 1.72. The molecule has 0 N–H and O–H groups in total. The number of ether oxygens (including phenoxy) is 1. The van der Waals surface area contributed by atoms with Crippen LogP contribution in [0.4, 0.5) is 9.18 Å². The quantitative estimate of drug-likeness (QED) is 0.752. The van der Waals surface area contributed by atoms with Crippen molar-refractivity contribution in [3.8, 4) is 0 Å². The van der Waals surface area contributed by atoms with E-state index in [4.69, 9.17) is 4.74 Å². The van der Waals surface area contributed by atoms with Gasteiger partial charge in [-0.25, -0.2) is 9.18 Å². The third-order valence-corrected chi connectivity index (χ3v) is 7.02. The maximum atomic E-state index is 13.7. The number of hydrogen-bond acceptors (Lipinski definition) is 4. The summed E-state index contributed by atoms with van der Waals surface area (Å²) in [6.45, 7) is 6.03. The van der Waals surface area contributed by atoms with Crippen LogP contribution in [0.3, 0.4) is 0 Å². The molecular formula is C21H27FN2O2S. The van der Waals surface area contributed by atoms with Crippen LogP contribution in [0.2, 0.25) is 0 Å². The zero-order valence-corrected chi connectivity index (χ0v) is 16.6. The summed E-state index contributed by atoms with van der Waals surface area (Å²) in [6, 6.07) is 5.70. The van der Waals surface area contributed by atoms with Crippen LogP contribution in [0.25, 0.3) is 10.1 Å². The molecule has 2 fully saturated rings. The molecule has 2 aliphatic rings. The van der Waals surface area contributed by atoms with Crippen molar-refractivity contribution in [1.29, 1.82) is 0 Å². The number of fused-ring (bicyclic) bond motifs is 1. The summed E-state index contributed by atoms with van der Waals surface area (Å²) in [5.74, 6) is 0.379. The van der Waals surface area contributed by atoms with Crippen LogP contribution in [0.1, 0.15) is 44.1 Å². The average molecular weight is 391 g/mol. The predicted molar refractivity (Wildman–Crippen MR) is 107 cm³/mol.